The third-order valence-electron chi connectivity index (χ3n) is 3.90. The SMILES string of the molecule is O=C(OCc1ccccc1)C12CNCC(C1)C2. The van der Waals surface area contributed by atoms with E-state index in [0.717, 1.165) is 31.5 Å². The average Bonchev–Trinajstić information content (AvgIpc) is 2.37. The van der Waals surface area contributed by atoms with Crippen molar-refractivity contribution in [2.24, 2.45) is 11.3 Å². The molecule has 1 saturated carbocycles. The first-order valence-electron chi connectivity index (χ1n) is 6.20. The molecule has 2 aliphatic heterocycles. The van der Waals surface area contributed by atoms with E-state index in [1.807, 2.05) is 30.3 Å². The summed E-state index contributed by atoms with van der Waals surface area (Å²) in [5, 5.41) is 3.30. The Labute approximate surface area is 101 Å². The normalized spacial score (nSPS) is 30.5. The van der Waals surface area contributed by atoms with Crippen LogP contribution >= 0.6 is 0 Å². The van der Waals surface area contributed by atoms with Crippen molar-refractivity contribution in [3.8, 4) is 0 Å². The van der Waals surface area contributed by atoms with Crippen molar-refractivity contribution in [2.75, 3.05) is 13.1 Å². The number of fused-ring (bicyclic) bond motifs is 2. The Morgan fingerprint density at radius 2 is 2.12 bits per heavy atom. The Morgan fingerprint density at radius 1 is 1.35 bits per heavy atom. The van der Waals surface area contributed by atoms with Crippen molar-refractivity contribution in [3.63, 3.8) is 0 Å². The summed E-state index contributed by atoms with van der Waals surface area (Å²) in [7, 11) is 0. The van der Waals surface area contributed by atoms with Crippen LogP contribution in [0, 0.1) is 11.3 Å². The third kappa shape index (κ3) is 1.95. The molecule has 1 aromatic rings. The fourth-order valence-electron chi connectivity index (χ4n) is 2.96. The lowest BCUT2D eigenvalue weighted by Crippen LogP contribution is -2.58. The van der Waals surface area contributed by atoms with Crippen LogP contribution in [0.2, 0.25) is 0 Å². The van der Waals surface area contributed by atoms with Crippen LogP contribution in [-0.2, 0) is 16.1 Å². The highest BCUT2D eigenvalue weighted by Gasteiger charge is 2.53. The van der Waals surface area contributed by atoms with Crippen LogP contribution in [0.4, 0.5) is 0 Å². The molecule has 90 valence electrons. The minimum atomic E-state index is -0.211. The van der Waals surface area contributed by atoms with Crippen LogP contribution in [0.5, 0.6) is 0 Å². The monoisotopic (exact) mass is 231 g/mol. The zero-order valence-electron chi connectivity index (χ0n) is 9.82. The molecule has 0 aromatic heterocycles. The number of nitrogens with one attached hydrogen (secondary N) is 1. The van der Waals surface area contributed by atoms with Gasteiger partial charge in [-0.3, -0.25) is 4.79 Å². The highest BCUT2D eigenvalue weighted by atomic mass is 16.5. The summed E-state index contributed by atoms with van der Waals surface area (Å²) in [6.07, 6.45) is 2.02. The molecular formula is C14H17NO2. The number of ether oxygens (including phenoxy) is 1. The Bertz CT molecular complexity index is 404. The number of hydrogen-bond donors (Lipinski definition) is 1. The second kappa shape index (κ2) is 4.15. The van der Waals surface area contributed by atoms with Gasteiger partial charge in [0.2, 0.25) is 0 Å². The third-order valence-corrected chi connectivity index (χ3v) is 3.90. The summed E-state index contributed by atoms with van der Waals surface area (Å²) in [4.78, 5) is 12.1. The maximum Gasteiger partial charge on any atom is 0.313 e. The summed E-state index contributed by atoms with van der Waals surface area (Å²) >= 11 is 0. The fraction of sp³-hybridized carbons (Fsp3) is 0.500. The first-order chi connectivity index (χ1) is 8.28. The number of carbonyl (C=O) groups excluding carboxylic acids is 1. The summed E-state index contributed by atoms with van der Waals surface area (Å²) in [6.45, 7) is 2.25. The number of esters is 1. The van der Waals surface area contributed by atoms with Crippen molar-refractivity contribution in [3.05, 3.63) is 35.9 Å². The molecule has 4 rings (SSSR count). The lowest BCUT2D eigenvalue weighted by Gasteiger charge is -2.50. The summed E-state index contributed by atoms with van der Waals surface area (Å²) in [5.74, 6) is 0.665. The van der Waals surface area contributed by atoms with Gasteiger partial charge in [-0.2, -0.15) is 0 Å². The van der Waals surface area contributed by atoms with Gasteiger partial charge in [-0.15, -0.1) is 0 Å². The molecule has 3 heteroatoms. The molecule has 0 spiro atoms. The van der Waals surface area contributed by atoms with E-state index in [2.05, 4.69) is 5.32 Å². The molecule has 0 atom stereocenters. The van der Waals surface area contributed by atoms with E-state index in [4.69, 9.17) is 4.74 Å². The van der Waals surface area contributed by atoms with Gasteiger partial charge in [-0.25, -0.2) is 0 Å². The quantitative estimate of drug-likeness (QED) is 0.805. The highest BCUT2D eigenvalue weighted by Crippen LogP contribution is 2.48. The molecule has 0 unspecified atom stereocenters. The number of carbonyl (C=O) groups is 1. The van der Waals surface area contributed by atoms with Gasteiger partial charge >= 0.3 is 5.97 Å². The first-order valence-corrected chi connectivity index (χ1v) is 6.20. The van der Waals surface area contributed by atoms with Gasteiger partial charge in [0.05, 0.1) is 5.41 Å². The molecule has 17 heavy (non-hydrogen) atoms. The molecule has 1 aliphatic carbocycles. The molecule has 1 N–H and O–H groups in total. The van der Waals surface area contributed by atoms with Crippen LogP contribution in [0.1, 0.15) is 18.4 Å². The zero-order valence-corrected chi connectivity index (χ0v) is 9.82. The van der Waals surface area contributed by atoms with E-state index in [-0.39, 0.29) is 11.4 Å². The Balaban J connectivity index is 1.57. The van der Waals surface area contributed by atoms with Gasteiger partial charge in [0.15, 0.2) is 0 Å². The summed E-state index contributed by atoms with van der Waals surface area (Å²) in [6, 6.07) is 9.85. The molecule has 2 bridgehead atoms. The van der Waals surface area contributed by atoms with Gasteiger partial charge in [0.1, 0.15) is 6.61 Å². The van der Waals surface area contributed by atoms with Gasteiger partial charge in [0.25, 0.3) is 0 Å². The Hall–Kier alpha value is -1.35. The lowest BCUT2D eigenvalue weighted by atomic mass is 9.59. The van der Waals surface area contributed by atoms with Crippen molar-refractivity contribution < 1.29 is 9.53 Å². The van der Waals surface area contributed by atoms with Crippen LogP contribution < -0.4 is 5.32 Å². The molecule has 2 heterocycles. The van der Waals surface area contributed by atoms with E-state index < -0.39 is 0 Å². The van der Waals surface area contributed by atoms with E-state index in [1.54, 1.807) is 0 Å². The standard InChI is InChI=1S/C14H17NO2/c16-13(14-6-12(7-14)8-15-10-14)17-9-11-4-2-1-3-5-11/h1-5,12,15H,6-10H2. The van der Waals surface area contributed by atoms with E-state index in [9.17, 15) is 4.79 Å². The highest BCUT2D eigenvalue weighted by molar-refractivity contribution is 5.78. The molecular weight excluding hydrogens is 214 g/mol. The van der Waals surface area contributed by atoms with Gasteiger partial charge in [0, 0.05) is 6.54 Å². The van der Waals surface area contributed by atoms with Crippen molar-refractivity contribution in [2.45, 2.75) is 19.4 Å². The predicted molar refractivity (Wildman–Crippen MR) is 64.3 cm³/mol. The van der Waals surface area contributed by atoms with Gasteiger partial charge in [-0.05, 0) is 30.9 Å². The molecule has 3 nitrogen and oxygen atoms in total. The molecule has 0 radical (unpaired) electrons. The predicted octanol–water partition coefficient (Wildman–Crippen LogP) is 1.73. The zero-order chi connectivity index (χ0) is 11.7. The molecule has 3 fully saturated rings. The average molecular weight is 231 g/mol. The van der Waals surface area contributed by atoms with Gasteiger partial charge < -0.3 is 10.1 Å². The maximum atomic E-state index is 12.1. The second-order valence-corrected chi connectivity index (χ2v) is 5.25. The maximum absolute atomic E-state index is 12.1. The van der Waals surface area contributed by atoms with Crippen molar-refractivity contribution >= 4 is 5.97 Å². The molecule has 3 aliphatic rings. The minimum Gasteiger partial charge on any atom is -0.460 e. The van der Waals surface area contributed by atoms with E-state index >= 15 is 0 Å². The summed E-state index contributed by atoms with van der Waals surface area (Å²) < 4.78 is 5.43. The minimum absolute atomic E-state index is 0.0233. The van der Waals surface area contributed by atoms with E-state index in [0.29, 0.717) is 12.5 Å². The number of rotatable bonds is 3. The number of benzene rings is 1. The number of piperidine rings is 2. The van der Waals surface area contributed by atoms with Crippen LogP contribution in [0.25, 0.3) is 0 Å². The van der Waals surface area contributed by atoms with Crippen LogP contribution in [-0.4, -0.2) is 19.1 Å². The topological polar surface area (TPSA) is 38.3 Å². The second-order valence-electron chi connectivity index (χ2n) is 5.25. The first kappa shape index (κ1) is 10.8. The Kier molecular flexibility index (Phi) is 2.63. The van der Waals surface area contributed by atoms with Gasteiger partial charge in [-0.1, -0.05) is 30.3 Å². The number of hydrogen-bond acceptors (Lipinski definition) is 3. The summed E-state index contributed by atoms with van der Waals surface area (Å²) in [5.41, 5.74) is 0.842. The van der Waals surface area contributed by atoms with Crippen LogP contribution in [0.3, 0.4) is 0 Å². The lowest BCUT2D eigenvalue weighted by molar-refractivity contribution is -0.169. The fourth-order valence-corrected chi connectivity index (χ4v) is 2.96. The van der Waals surface area contributed by atoms with E-state index in [1.165, 1.54) is 0 Å². The van der Waals surface area contributed by atoms with Crippen molar-refractivity contribution in [1.29, 1.82) is 0 Å². The van der Waals surface area contributed by atoms with Crippen molar-refractivity contribution in [1.82, 2.24) is 5.32 Å². The Morgan fingerprint density at radius 3 is 2.76 bits per heavy atom. The largest absolute Gasteiger partial charge is 0.460 e. The molecule has 1 aromatic carbocycles. The van der Waals surface area contributed by atoms with Crippen LogP contribution in [0.15, 0.2) is 30.3 Å². The molecule has 2 saturated heterocycles. The smallest absolute Gasteiger partial charge is 0.313 e. The molecule has 0 amide bonds.